The maximum Gasteiger partial charge on any atom is 0.224 e. The Kier molecular flexibility index (Phi) is 3.71. The first-order chi connectivity index (χ1) is 7.30. The van der Waals surface area contributed by atoms with Crippen molar-refractivity contribution in [2.24, 2.45) is 28.4 Å². The standard InChI is InChI=1S/C14H27NO/c1-6-10(2)14(12(15)16)11(3)8-7-9-13(14,4)5/h10-11H,6-9H2,1-5H3,(H2,15,16). The van der Waals surface area contributed by atoms with Crippen LogP contribution in [0, 0.1) is 22.7 Å². The predicted octanol–water partition coefficient (Wildman–Crippen LogP) is 3.35. The minimum Gasteiger partial charge on any atom is -0.369 e. The highest BCUT2D eigenvalue weighted by atomic mass is 16.1. The summed E-state index contributed by atoms with van der Waals surface area (Å²) >= 11 is 0. The smallest absolute Gasteiger partial charge is 0.224 e. The van der Waals surface area contributed by atoms with E-state index >= 15 is 0 Å². The Morgan fingerprint density at radius 2 is 2.06 bits per heavy atom. The van der Waals surface area contributed by atoms with Gasteiger partial charge in [0.2, 0.25) is 5.91 Å². The molecule has 1 saturated carbocycles. The average Bonchev–Trinajstić information content (AvgIpc) is 2.15. The van der Waals surface area contributed by atoms with Crippen LogP contribution >= 0.6 is 0 Å². The van der Waals surface area contributed by atoms with Gasteiger partial charge in [0.05, 0.1) is 5.41 Å². The number of carbonyl (C=O) groups is 1. The third-order valence-corrected chi connectivity index (χ3v) is 5.13. The third kappa shape index (κ3) is 1.66. The number of hydrogen-bond donors (Lipinski definition) is 1. The molecule has 16 heavy (non-hydrogen) atoms. The maximum atomic E-state index is 12.1. The summed E-state index contributed by atoms with van der Waals surface area (Å²) in [7, 11) is 0. The van der Waals surface area contributed by atoms with E-state index in [1.165, 1.54) is 6.42 Å². The van der Waals surface area contributed by atoms with E-state index in [4.69, 9.17) is 5.73 Å². The predicted molar refractivity (Wildman–Crippen MR) is 67.9 cm³/mol. The monoisotopic (exact) mass is 225 g/mol. The van der Waals surface area contributed by atoms with E-state index < -0.39 is 0 Å². The fourth-order valence-corrected chi connectivity index (χ4v) is 4.25. The lowest BCUT2D eigenvalue weighted by Gasteiger charge is -2.55. The molecular weight excluding hydrogens is 198 g/mol. The lowest BCUT2D eigenvalue weighted by molar-refractivity contribution is -0.153. The summed E-state index contributed by atoms with van der Waals surface area (Å²) < 4.78 is 0. The normalized spacial score (nSPS) is 35.7. The highest BCUT2D eigenvalue weighted by Gasteiger charge is 2.57. The summed E-state index contributed by atoms with van der Waals surface area (Å²) in [6.07, 6.45) is 4.50. The molecule has 1 aliphatic carbocycles. The first-order valence-corrected chi connectivity index (χ1v) is 6.60. The van der Waals surface area contributed by atoms with Gasteiger partial charge in [-0.2, -0.15) is 0 Å². The van der Waals surface area contributed by atoms with Crippen LogP contribution in [0.2, 0.25) is 0 Å². The fraction of sp³-hybridized carbons (Fsp3) is 0.929. The summed E-state index contributed by atoms with van der Waals surface area (Å²) in [4.78, 5) is 12.1. The van der Waals surface area contributed by atoms with Gasteiger partial charge >= 0.3 is 0 Å². The van der Waals surface area contributed by atoms with Gasteiger partial charge < -0.3 is 5.73 Å². The lowest BCUT2D eigenvalue weighted by atomic mass is 9.48. The van der Waals surface area contributed by atoms with Crippen molar-refractivity contribution in [1.29, 1.82) is 0 Å². The molecule has 0 heterocycles. The Morgan fingerprint density at radius 1 is 1.50 bits per heavy atom. The second-order valence-corrected chi connectivity index (χ2v) is 6.22. The van der Waals surface area contributed by atoms with E-state index in [2.05, 4.69) is 34.6 Å². The molecule has 1 rings (SSSR count). The summed E-state index contributed by atoms with van der Waals surface area (Å²) in [5, 5.41) is 0. The van der Waals surface area contributed by atoms with Gasteiger partial charge in [0, 0.05) is 0 Å². The molecular formula is C14H27NO. The van der Waals surface area contributed by atoms with Crippen molar-refractivity contribution in [2.45, 2.75) is 60.3 Å². The van der Waals surface area contributed by atoms with Crippen LogP contribution in [-0.4, -0.2) is 5.91 Å². The van der Waals surface area contributed by atoms with Gasteiger partial charge in [-0.1, -0.05) is 47.5 Å². The number of carbonyl (C=O) groups excluding carboxylic acids is 1. The fourth-order valence-electron chi connectivity index (χ4n) is 4.25. The van der Waals surface area contributed by atoms with Gasteiger partial charge in [0.1, 0.15) is 0 Å². The van der Waals surface area contributed by atoms with Gasteiger partial charge in [0.25, 0.3) is 0 Å². The van der Waals surface area contributed by atoms with Gasteiger partial charge in [-0.15, -0.1) is 0 Å². The molecule has 2 nitrogen and oxygen atoms in total. The van der Waals surface area contributed by atoms with Crippen molar-refractivity contribution < 1.29 is 4.79 Å². The molecule has 2 N–H and O–H groups in total. The van der Waals surface area contributed by atoms with Gasteiger partial charge in [0.15, 0.2) is 0 Å². The number of amides is 1. The first kappa shape index (κ1) is 13.5. The van der Waals surface area contributed by atoms with Crippen molar-refractivity contribution >= 4 is 5.91 Å². The van der Waals surface area contributed by atoms with Crippen molar-refractivity contribution in [3.05, 3.63) is 0 Å². The molecule has 3 unspecified atom stereocenters. The van der Waals surface area contributed by atoms with Gasteiger partial charge in [-0.05, 0) is 30.1 Å². The van der Waals surface area contributed by atoms with E-state index in [1.807, 2.05) is 0 Å². The van der Waals surface area contributed by atoms with Crippen molar-refractivity contribution in [2.75, 3.05) is 0 Å². The Balaban J connectivity index is 3.27. The quantitative estimate of drug-likeness (QED) is 0.786. The van der Waals surface area contributed by atoms with Crippen molar-refractivity contribution in [1.82, 2.24) is 0 Å². The van der Waals surface area contributed by atoms with Crippen LogP contribution in [0.15, 0.2) is 0 Å². The average molecular weight is 225 g/mol. The largest absolute Gasteiger partial charge is 0.369 e. The van der Waals surface area contributed by atoms with Gasteiger partial charge in [-0.25, -0.2) is 0 Å². The van der Waals surface area contributed by atoms with E-state index in [-0.39, 0.29) is 16.7 Å². The van der Waals surface area contributed by atoms with E-state index in [0.29, 0.717) is 11.8 Å². The zero-order chi connectivity index (χ0) is 12.6. The second kappa shape index (κ2) is 4.38. The molecule has 0 aromatic heterocycles. The van der Waals surface area contributed by atoms with Crippen LogP contribution in [0.1, 0.15) is 60.3 Å². The molecule has 3 atom stereocenters. The Bertz CT molecular complexity index is 266. The molecule has 0 saturated heterocycles. The molecule has 2 heteroatoms. The van der Waals surface area contributed by atoms with E-state index in [9.17, 15) is 4.79 Å². The second-order valence-electron chi connectivity index (χ2n) is 6.22. The Hall–Kier alpha value is -0.530. The topological polar surface area (TPSA) is 43.1 Å². The summed E-state index contributed by atoms with van der Waals surface area (Å²) in [5.41, 5.74) is 5.52. The van der Waals surface area contributed by atoms with Crippen molar-refractivity contribution in [3.63, 3.8) is 0 Å². The molecule has 0 aromatic rings. The lowest BCUT2D eigenvalue weighted by Crippen LogP contribution is -2.58. The van der Waals surface area contributed by atoms with Crippen LogP contribution in [0.3, 0.4) is 0 Å². The van der Waals surface area contributed by atoms with E-state index in [1.54, 1.807) is 0 Å². The number of rotatable bonds is 3. The third-order valence-electron chi connectivity index (χ3n) is 5.13. The van der Waals surface area contributed by atoms with Crippen molar-refractivity contribution in [3.8, 4) is 0 Å². The Morgan fingerprint density at radius 3 is 2.44 bits per heavy atom. The van der Waals surface area contributed by atoms with Crippen LogP contribution in [0.4, 0.5) is 0 Å². The summed E-state index contributed by atoms with van der Waals surface area (Å²) in [6.45, 7) is 11.0. The zero-order valence-electron chi connectivity index (χ0n) is 11.5. The molecule has 0 spiro atoms. The number of hydrogen-bond acceptors (Lipinski definition) is 1. The zero-order valence-corrected chi connectivity index (χ0v) is 11.5. The number of primary amides is 1. The van der Waals surface area contributed by atoms with Crippen LogP contribution in [0.5, 0.6) is 0 Å². The highest BCUT2D eigenvalue weighted by molar-refractivity contribution is 5.82. The molecule has 0 aliphatic heterocycles. The molecule has 0 radical (unpaired) electrons. The molecule has 94 valence electrons. The summed E-state index contributed by atoms with van der Waals surface area (Å²) in [5.74, 6) is 0.693. The highest BCUT2D eigenvalue weighted by Crippen LogP contribution is 2.58. The molecule has 0 bridgehead atoms. The van der Waals surface area contributed by atoms with E-state index in [0.717, 1.165) is 19.3 Å². The van der Waals surface area contributed by atoms with Crippen LogP contribution < -0.4 is 5.73 Å². The minimum absolute atomic E-state index is 0.0337. The molecule has 0 aromatic carbocycles. The van der Waals surface area contributed by atoms with Crippen LogP contribution in [-0.2, 0) is 4.79 Å². The maximum absolute atomic E-state index is 12.1. The Labute approximate surface area is 100.0 Å². The molecule has 1 amide bonds. The number of nitrogens with two attached hydrogens (primary N) is 1. The molecule has 1 aliphatic rings. The summed E-state index contributed by atoms with van der Waals surface area (Å²) in [6, 6.07) is 0. The molecule has 1 fully saturated rings. The SMILES string of the molecule is CCC(C)C1(C(N)=O)C(C)CCCC1(C)C. The van der Waals surface area contributed by atoms with Crippen LogP contribution in [0.25, 0.3) is 0 Å². The van der Waals surface area contributed by atoms with Gasteiger partial charge in [-0.3, -0.25) is 4.79 Å². The minimum atomic E-state index is -0.319. The first-order valence-electron chi connectivity index (χ1n) is 6.60.